The smallest absolute Gasteiger partial charge is 0.462 e. The zero-order chi connectivity index (χ0) is 59.4. The Morgan fingerprint density at radius 3 is 1.00 bits per heavy atom. The van der Waals surface area contributed by atoms with Crippen molar-refractivity contribution in [3.8, 4) is 0 Å². The molecule has 82 heavy (non-hydrogen) atoms. The van der Waals surface area contributed by atoms with E-state index in [0.29, 0.717) is 6.42 Å². The maximum Gasteiger partial charge on any atom is 0.472 e. The molecule has 474 valence electrons. The van der Waals surface area contributed by atoms with E-state index in [1.165, 1.54) is 186 Å². The van der Waals surface area contributed by atoms with E-state index in [-0.39, 0.29) is 38.6 Å². The first kappa shape index (κ1) is 78.9. The van der Waals surface area contributed by atoms with Crippen molar-refractivity contribution in [3.63, 3.8) is 0 Å². The molecule has 0 aliphatic heterocycles. The van der Waals surface area contributed by atoms with Gasteiger partial charge in [0.2, 0.25) is 0 Å². The van der Waals surface area contributed by atoms with Crippen molar-refractivity contribution in [1.29, 1.82) is 0 Å². The lowest BCUT2D eigenvalue weighted by Gasteiger charge is -2.19. The minimum atomic E-state index is -4.41. The molecule has 2 atom stereocenters. The summed E-state index contributed by atoms with van der Waals surface area (Å²) in [6.45, 7) is 3.64. The van der Waals surface area contributed by atoms with E-state index in [1.807, 2.05) is 0 Å². The van der Waals surface area contributed by atoms with E-state index < -0.39 is 26.5 Å². The van der Waals surface area contributed by atoms with E-state index in [2.05, 4.69) is 111 Å². The van der Waals surface area contributed by atoms with Crippen LogP contribution < -0.4 is 5.73 Å². The Bertz CT molecular complexity index is 1660. The number of phosphoric acid groups is 1. The molecule has 3 N–H and O–H groups in total. The average Bonchev–Trinajstić information content (AvgIpc) is 3.48. The van der Waals surface area contributed by atoms with Crippen LogP contribution in [0, 0.1) is 0 Å². The Morgan fingerprint density at radius 2 is 0.671 bits per heavy atom. The zero-order valence-electron chi connectivity index (χ0n) is 53.2. The number of unbranched alkanes of at least 4 members (excludes halogenated alkanes) is 35. The molecule has 0 aliphatic rings. The van der Waals surface area contributed by atoms with Crippen LogP contribution in [0.3, 0.4) is 0 Å². The van der Waals surface area contributed by atoms with E-state index in [9.17, 15) is 19.0 Å². The number of hydrogen-bond acceptors (Lipinski definition) is 8. The molecule has 0 fully saturated rings. The Morgan fingerprint density at radius 1 is 0.378 bits per heavy atom. The first-order chi connectivity index (χ1) is 40.3. The number of esters is 2. The van der Waals surface area contributed by atoms with Crippen molar-refractivity contribution in [2.75, 3.05) is 26.4 Å². The lowest BCUT2D eigenvalue weighted by atomic mass is 10.0. The van der Waals surface area contributed by atoms with Gasteiger partial charge in [-0.3, -0.25) is 18.6 Å². The normalized spacial score (nSPS) is 13.6. The summed E-state index contributed by atoms with van der Waals surface area (Å²) in [6, 6.07) is 0. The molecule has 0 heterocycles. The fourth-order valence-electron chi connectivity index (χ4n) is 9.71. The number of hydrogen-bond donors (Lipinski definition) is 2. The third kappa shape index (κ3) is 66.1. The second kappa shape index (κ2) is 67.1. The fourth-order valence-corrected chi connectivity index (χ4v) is 10.5. The number of carbonyl (C=O) groups excluding carboxylic acids is 2. The molecular weight excluding hydrogens is 1040 g/mol. The highest BCUT2D eigenvalue weighted by molar-refractivity contribution is 7.47. The third-order valence-corrected chi connectivity index (χ3v) is 15.7. The summed E-state index contributed by atoms with van der Waals surface area (Å²) in [7, 11) is -4.41. The molecule has 0 amide bonds. The summed E-state index contributed by atoms with van der Waals surface area (Å²) in [5.41, 5.74) is 5.40. The average molecular weight is 1170 g/mol. The van der Waals surface area contributed by atoms with Gasteiger partial charge in [-0.15, -0.1) is 0 Å². The van der Waals surface area contributed by atoms with Crippen molar-refractivity contribution in [3.05, 3.63) is 97.2 Å². The van der Waals surface area contributed by atoms with E-state index in [1.54, 1.807) is 0 Å². The van der Waals surface area contributed by atoms with E-state index in [0.717, 1.165) is 96.3 Å². The van der Waals surface area contributed by atoms with Crippen LogP contribution in [0.25, 0.3) is 0 Å². The molecule has 9 nitrogen and oxygen atoms in total. The van der Waals surface area contributed by atoms with Crippen LogP contribution in [0.2, 0.25) is 0 Å². The quantitative estimate of drug-likeness (QED) is 0.0264. The maximum atomic E-state index is 12.7. The minimum Gasteiger partial charge on any atom is -0.462 e. The summed E-state index contributed by atoms with van der Waals surface area (Å²) in [5, 5.41) is 0. The highest BCUT2D eigenvalue weighted by atomic mass is 31.2. The SMILES string of the molecule is CC/C=C\C/C=C\C/C=C\C/C=C\C/C=C\C/C=C\C/C=C\C/C=C\CCCCCCC(=O)OC(COC(=O)CCCCCCCCCCCCCCCCCCCCCCCCCCCCCCCCCC)COP(=O)(O)OCCN. The van der Waals surface area contributed by atoms with Crippen molar-refractivity contribution < 1.29 is 37.6 Å². The highest BCUT2D eigenvalue weighted by Gasteiger charge is 2.26. The van der Waals surface area contributed by atoms with Crippen LogP contribution in [-0.4, -0.2) is 49.3 Å². The molecule has 0 aromatic heterocycles. The van der Waals surface area contributed by atoms with Crippen molar-refractivity contribution in [2.45, 2.75) is 322 Å². The van der Waals surface area contributed by atoms with Crippen molar-refractivity contribution in [2.24, 2.45) is 5.73 Å². The van der Waals surface area contributed by atoms with E-state index in [4.69, 9.17) is 24.3 Å². The lowest BCUT2D eigenvalue weighted by Crippen LogP contribution is -2.29. The molecule has 0 aliphatic carbocycles. The first-order valence-electron chi connectivity index (χ1n) is 34.2. The second-order valence-electron chi connectivity index (χ2n) is 22.7. The van der Waals surface area contributed by atoms with Gasteiger partial charge < -0.3 is 20.1 Å². The molecule has 0 radical (unpaired) electrons. The van der Waals surface area contributed by atoms with Gasteiger partial charge in [0.25, 0.3) is 0 Å². The molecule has 2 unspecified atom stereocenters. The maximum absolute atomic E-state index is 12.7. The van der Waals surface area contributed by atoms with Crippen molar-refractivity contribution >= 4 is 19.8 Å². The van der Waals surface area contributed by atoms with Gasteiger partial charge in [-0.25, -0.2) is 4.57 Å². The minimum absolute atomic E-state index is 0.0453. The summed E-state index contributed by atoms with van der Waals surface area (Å²) in [4.78, 5) is 35.3. The topological polar surface area (TPSA) is 134 Å². The van der Waals surface area contributed by atoms with Gasteiger partial charge in [0.1, 0.15) is 6.61 Å². The van der Waals surface area contributed by atoms with Gasteiger partial charge in [-0.1, -0.05) is 323 Å². The van der Waals surface area contributed by atoms with Gasteiger partial charge >= 0.3 is 19.8 Å². The first-order valence-corrected chi connectivity index (χ1v) is 35.7. The number of rotatable bonds is 64. The van der Waals surface area contributed by atoms with Gasteiger partial charge in [0, 0.05) is 19.4 Å². The number of nitrogens with two attached hydrogens (primary N) is 1. The molecule has 0 aromatic carbocycles. The summed E-state index contributed by atoms with van der Waals surface area (Å²) in [5.74, 6) is -0.850. The predicted octanol–water partition coefficient (Wildman–Crippen LogP) is 22.4. The van der Waals surface area contributed by atoms with Crippen LogP contribution >= 0.6 is 7.82 Å². The van der Waals surface area contributed by atoms with Crippen LogP contribution in [0.15, 0.2) is 97.2 Å². The standard InChI is InChI=1S/C72H128NO8P/c1-3-5-7-9-11-13-15-17-19-21-23-25-27-29-31-33-34-35-37-38-40-42-44-46-48-50-52-54-56-58-60-62-64-71(74)78-68-70(69-80-82(76,77)79-67-66-73)81-72(75)65-63-61-59-57-55-53-51-49-47-45-43-41-39-36-32-30-28-26-24-22-20-18-16-14-12-10-8-6-4-2/h6,8,12,14,18,20,24,26,30,32,39,41,45,47,51,53,70H,3-5,7,9-11,13,15-17,19,21-23,25,27-29,31,33-38,40,42-44,46,48-50,52,54-69,73H2,1-2H3,(H,76,77)/b8-6-,14-12-,20-18-,26-24-,32-30-,41-39-,47-45-,53-51-. The van der Waals surface area contributed by atoms with Crippen LogP contribution in [0.1, 0.15) is 316 Å². The lowest BCUT2D eigenvalue weighted by molar-refractivity contribution is -0.161. The van der Waals surface area contributed by atoms with Crippen LogP contribution in [0.5, 0.6) is 0 Å². The summed E-state index contributed by atoms with van der Waals surface area (Å²) < 4.78 is 33.1. The fraction of sp³-hybridized carbons (Fsp3) is 0.750. The number of carbonyl (C=O) groups is 2. The Labute approximate surface area is 506 Å². The molecule has 0 saturated carbocycles. The van der Waals surface area contributed by atoms with Gasteiger partial charge in [0.15, 0.2) is 6.10 Å². The second-order valence-corrected chi connectivity index (χ2v) is 24.1. The highest BCUT2D eigenvalue weighted by Crippen LogP contribution is 2.43. The molecular formula is C72H128NO8P. The number of allylic oxidation sites excluding steroid dienone is 16. The summed E-state index contributed by atoms with van der Waals surface area (Å²) >= 11 is 0. The monoisotopic (exact) mass is 1170 g/mol. The zero-order valence-corrected chi connectivity index (χ0v) is 54.1. The number of ether oxygens (including phenoxy) is 2. The predicted molar refractivity (Wildman–Crippen MR) is 353 cm³/mol. The molecule has 0 aromatic rings. The number of phosphoric ester groups is 1. The molecule has 0 bridgehead atoms. The van der Waals surface area contributed by atoms with Crippen LogP contribution in [0.4, 0.5) is 0 Å². The van der Waals surface area contributed by atoms with E-state index >= 15 is 0 Å². The molecule has 0 spiro atoms. The largest absolute Gasteiger partial charge is 0.472 e. The van der Waals surface area contributed by atoms with Gasteiger partial charge in [-0.2, -0.15) is 0 Å². The molecule has 0 saturated heterocycles. The van der Waals surface area contributed by atoms with Crippen molar-refractivity contribution in [1.82, 2.24) is 0 Å². The molecule has 0 rings (SSSR count). The Kier molecular flexibility index (Phi) is 64.6. The third-order valence-electron chi connectivity index (χ3n) is 14.7. The van der Waals surface area contributed by atoms with Gasteiger partial charge in [0.05, 0.1) is 13.2 Å². The summed E-state index contributed by atoms with van der Waals surface area (Å²) in [6.07, 6.45) is 90.8. The Hall–Kier alpha value is -3.07. The van der Waals surface area contributed by atoms with Crippen LogP contribution in [-0.2, 0) is 32.7 Å². The van der Waals surface area contributed by atoms with Gasteiger partial charge in [-0.05, 0) is 77.0 Å². The molecule has 10 heteroatoms. The Balaban J connectivity index is 3.93.